The van der Waals surface area contributed by atoms with Crippen molar-refractivity contribution in [3.8, 4) is 11.5 Å². The molecule has 0 unspecified atom stereocenters. The smallest absolute Gasteiger partial charge is 0.147 e. The maximum absolute atomic E-state index is 5.98. The molecule has 2 aromatic carbocycles. The molecule has 1 heterocycles. The van der Waals surface area contributed by atoms with Gasteiger partial charge in [-0.2, -0.15) is 0 Å². The van der Waals surface area contributed by atoms with Gasteiger partial charge < -0.3 is 14.0 Å². The first-order chi connectivity index (χ1) is 13.3. The van der Waals surface area contributed by atoms with E-state index in [1.807, 2.05) is 30.3 Å². The number of aromatic nitrogens is 2. The van der Waals surface area contributed by atoms with Crippen LogP contribution < -0.4 is 9.47 Å². The standard InChI is InChI=1S/C23H30N2O2/c1-3-4-5-6-7-10-17-25-22-12-9-8-11-21(22)24-23(25)18-27-20-15-13-19(26-2)14-16-20/h8-9,11-16H,3-7,10,17-18H2,1-2H3. The Balaban J connectivity index is 1.65. The molecular formula is C23H30N2O2. The van der Waals surface area contributed by atoms with Crippen LogP contribution in [0.15, 0.2) is 48.5 Å². The first-order valence-electron chi connectivity index (χ1n) is 10.0. The highest BCUT2D eigenvalue weighted by atomic mass is 16.5. The SMILES string of the molecule is CCCCCCCCn1c(COc2ccc(OC)cc2)nc2ccccc21. The van der Waals surface area contributed by atoms with Gasteiger partial charge >= 0.3 is 0 Å². The van der Waals surface area contributed by atoms with Gasteiger partial charge in [0.15, 0.2) is 0 Å². The van der Waals surface area contributed by atoms with Crippen LogP contribution in [-0.2, 0) is 13.2 Å². The lowest BCUT2D eigenvalue weighted by Gasteiger charge is -2.11. The van der Waals surface area contributed by atoms with Gasteiger partial charge in [-0.15, -0.1) is 0 Å². The molecule has 0 aliphatic carbocycles. The molecule has 0 radical (unpaired) electrons. The van der Waals surface area contributed by atoms with Crippen LogP contribution in [0.2, 0.25) is 0 Å². The largest absolute Gasteiger partial charge is 0.497 e. The average molecular weight is 367 g/mol. The summed E-state index contributed by atoms with van der Waals surface area (Å²) in [5.41, 5.74) is 2.23. The zero-order valence-corrected chi connectivity index (χ0v) is 16.5. The Bertz CT molecular complexity index is 824. The van der Waals surface area contributed by atoms with Gasteiger partial charge in [-0.05, 0) is 42.8 Å². The van der Waals surface area contributed by atoms with Crippen molar-refractivity contribution in [1.29, 1.82) is 0 Å². The van der Waals surface area contributed by atoms with E-state index in [2.05, 4.69) is 29.7 Å². The Morgan fingerprint density at radius 2 is 1.56 bits per heavy atom. The van der Waals surface area contributed by atoms with Gasteiger partial charge in [0, 0.05) is 6.54 Å². The zero-order chi connectivity index (χ0) is 18.9. The van der Waals surface area contributed by atoms with Crippen LogP contribution >= 0.6 is 0 Å². The lowest BCUT2D eigenvalue weighted by molar-refractivity contribution is 0.289. The molecule has 1 aromatic heterocycles. The molecule has 0 saturated carbocycles. The fraction of sp³-hybridized carbons (Fsp3) is 0.435. The monoisotopic (exact) mass is 366 g/mol. The molecule has 0 N–H and O–H groups in total. The quantitative estimate of drug-likeness (QED) is 0.391. The summed E-state index contributed by atoms with van der Waals surface area (Å²) in [7, 11) is 1.67. The van der Waals surface area contributed by atoms with Crippen LogP contribution in [-0.4, -0.2) is 16.7 Å². The van der Waals surface area contributed by atoms with E-state index in [0.717, 1.165) is 29.4 Å². The minimum Gasteiger partial charge on any atom is -0.497 e. The molecule has 0 amide bonds. The number of benzene rings is 2. The van der Waals surface area contributed by atoms with Gasteiger partial charge in [0.1, 0.15) is 23.9 Å². The van der Waals surface area contributed by atoms with E-state index in [1.165, 1.54) is 44.0 Å². The number of imidazole rings is 1. The lowest BCUT2D eigenvalue weighted by Crippen LogP contribution is -2.07. The Kier molecular flexibility index (Phi) is 7.14. The first-order valence-corrected chi connectivity index (χ1v) is 10.0. The minimum absolute atomic E-state index is 0.469. The second-order valence-corrected chi connectivity index (χ2v) is 6.90. The summed E-state index contributed by atoms with van der Waals surface area (Å²) in [6, 6.07) is 16.0. The summed E-state index contributed by atoms with van der Waals surface area (Å²) in [5.74, 6) is 2.65. The van der Waals surface area contributed by atoms with Gasteiger partial charge in [0.2, 0.25) is 0 Å². The second-order valence-electron chi connectivity index (χ2n) is 6.90. The predicted molar refractivity (Wildman–Crippen MR) is 110 cm³/mol. The van der Waals surface area contributed by atoms with Crippen molar-refractivity contribution >= 4 is 11.0 Å². The van der Waals surface area contributed by atoms with Crippen LogP contribution in [0.5, 0.6) is 11.5 Å². The highest BCUT2D eigenvalue weighted by molar-refractivity contribution is 5.75. The van der Waals surface area contributed by atoms with Crippen LogP contribution in [0.4, 0.5) is 0 Å². The maximum Gasteiger partial charge on any atom is 0.147 e. The molecule has 0 atom stereocenters. The summed E-state index contributed by atoms with van der Waals surface area (Å²) in [5, 5.41) is 0. The highest BCUT2D eigenvalue weighted by Crippen LogP contribution is 2.21. The predicted octanol–water partition coefficient (Wildman–Crippen LogP) is 5.98. The third-order valence-electron chi connectivity index (χ3n) is 4.90. The van der Waals surface area contributed by atoms with Crippen molar-refractivity contribution < 1.29 is 9.47 Å². The zero-order valence-electron chi connectivity index (χ0n) is 16.5. The van der Waals surface area contributed by atoms with Gasteiger partial charge in [-0.3, -0.25) is 0 Å². The topological polar surface area (TPSA) is 36.3 Å². The van der Waals surface area contributed by atoms with E-state index in [1.54, 1.807) is 7.11 Å². The van der Waals surface area contributed by atoms with Crippen LogP contribution in [0.1, 0.15) is 51.3 Å². The van der Waals surface area contributed by atoms with E-state index in [4.69, 9.17) is 14.5 Å². The van der Waals surface area contributed by atoms with Crippen molar-refractivity contribution in [2.24, 2.45) is 0 Å². The molecule has 0 spiro atoms. The number of para-hydroxylation sites is 2. The fourth-order valence-corrected chi connectivity index (χ4v) is 3.36. The number of hydrogen-bond donors (Lipinski definition) is 0. The first kappa shape index (κ1) is 19.3. The van der Waals surface area contributed by atoms with Crippen molar-refractivity contribution in [3.05, 3.63) is 54.4 Å². The Hall–Kier alpha value is -2.49. The maximum atomic E-state index is 5.98. The van der Waals surface area contributed by atoms with Gasteiger partial charge in [-0.25, -0.2) is 4.98 Å². The number of unbranched alkanes of at least 4 members (excludes halogenated alkanes) is 5. The number of hydrogen-bond acceptors (Lipinski definition) is 3. The van der Waals surface area contributed by atoms with E-state index in [-0.39, 0.29) is 0 Å². The molecule has 3 rings (SSSR count). The van der Waals surface area contributed by atoms with E-state index in [9.17, 15) is 0 Å². The molecule has 0 aliphatic rings. The lowest BCUT2D eigenvalue weighted by atomic mass is 10.1. The van der Waals surface area contributed by atoms with Gasteiger partial charge in [0.25, 0.3) is 0 Å². The van der Waals surface area contributed by atoms with Crippen LogP contribution in [0, 0.1) is 0 Å². The van der Waals surface area contributed by atoms with Crippen LogP contribution in [0.25, 0.3) is 11.0 Å². The fourth-order valence-electron chi connectivity index (χ4n) is 3.36. The Morgan fingerprint density at radius 1 is 0.852 bits per heavy atom. The molecule has 4 heteroatoms. The summed E-state index contributed by atoms with van der Waals surface area (Å²) < 4.78 is 13.5. The molecule has 27 heavy (non-hydrogen) atoms. The minimum atomic E-state index is 0.469. The summed E-state index contributed by atoms with van der Waals surface area (Å²) >= 11 is 0. The van der Waals surface area contributed by atoms with Crippen molar-refractivity contribution in [1.82, 2.24) is 9.55 Å². The molecule has 3 aromatic rings. The number of methoxy groups -OCH3 is 1. The molecule has 0 fully saturated rings. The molecule has 0 bridgehead atoms. The second kappa shape index (κ2) is 10.0. The molecule has 0 saturated heterocycles. The summed E-state index contributed by atoms with van der Waals surface area (Å²) in [4.78, 5) is 4.80. The number of fused-ring (bicyclic) bond motifs is 1. The van der Waals surface area contributed by atoms with Crippen molar-refractivity contribution in [2.45, 2.75) is 58.6 Å². The summed E-state index contributed by atoms with van der Waals surface area (Å²) in [6.45, 7) is 3.72. The number of rotatable bonds is 11. The number of aryl methyl sites for hydroxylation is 1. The average Bonchev–Trinajstić information content (AvgIpc) is 3.07. The van der Waals surface area contributed by atoms with E-state index < -0.39 is 0 Å². The number of nitrogens with zero attached hydrogens (tertiary/aromatic N) is 2. The third kappa shape index (κ3) is 5.25. The van der Waals surface area contributed by atoms with Gasteiger partial charge in [0.05, 0.1) is 18.1 Å². The third-order valence-corrected chi connectivity index (χ3v) is 4.90. The van der Waals surface area contributed by atoms with E-state index >= 15 is 0 Å². The molecular weight excluding hydrogens is 336 g/mol. The molecule has 144 valence electrons. The van der Waals surface area contributed by atoms with Crippen molar-refractivity contribution in [3.63, 3.8) is 0 Å². The summed E-state index contributed by atoms with van der Waals surface area (Å²) in [6.07, 6.45) is 7.74. The van der Waals surface area contributed by atoms with Crippen LogP contribution in [0.3, 0.4) is 0 Å². The Morgan fingerprint density at radius 3 is 2.33 bits per heavy atom. The normalized spacial score (nSPS) is 11.0. The molecule has 0 aliphatic heterocycles. The van der Waals surface area contributed by atoms with Crippen molar-refractivity contribution in [2.75, 3.05) is 7.11 Å². The highest BCUT2D eigenvalue weighted by Gasteiger charge is 2.11. The Labute approximate surface area is 162 Å². The molecule has 4 nitrogen and oxygen atoms in total. The van der Waals surface area contributed by atoms with E-state index in [0.29, 0.717) is 6.61 Å². The van der Waals surface area contributed by atoms with Gasteiger partial charge in [-0.1, -0.05) is 51.2 Å². The number of ether oxygens (including phenoxy) is 2.